The molecule has 0 saturated heterocycles. The van der Waals surface area contributed by atoms with Gasteiger partial charge in [0.25, 0.3) is 10.0 Å². The quantitative estimate of drug-likeness (QED) is 0.230. The van der Waals surface area contributed by atoms with Crippen LogP contribution in [0.5, 0.6) is 11.6 Å². The summed E-state index contributed by atoms with van der Waals surface area (Å²) in [6, 6.07) is 7.77. The number of aromatic nitrogens is 1. The molecule has 2 aromatic carbocycles. The highest BCUT2D eigenvalue weighted by Crippen LogP contribution is 2.41. The van der Waals surface area contributed by atoms with Crippen molar-refractivity contribution in [2.45, 2.75) is 30.0 Å². The maximum absolute atomic E-state index is 14.3. The Hall–Kier alpha value is -3.88. The fourth-order valence-electron chi connectivity index (χ4n) is 4.19. The number of carbonyl (C=O) groups is 1. The first-order valence-electron chi connectivity index (χ1n) is 12.3. The Morgan fingerprint density at radius 2 is 1.98 bits per heavy atom. The van der Waals surface area contributed by atoms with E-state index >= 15 is 0 Å². The van der Waals surface area contributed by atoms with Gasteiger partial charge in [-0.25, -0.2) is 17.8 Å². The van der Waals surface area contributed by atoms with Crippen LogP contribution < -0.4 is 13.8 Å². The minimum Gasteiger partial charge on any atom is -0.486 e. The third-order valence-electron chi connectivity index (χ3n) is 6.08. The van der Waals surface area contributed by atoms with Gasteiger partial charge < -0.3 is 19.7 Å². The monoisotopic (exact) mass is 630 g/mol. The standard InChI is InChI=1S/C27H23ClF4N2O7S/c28-17-13-24(26(33-14-17)40-11-10-35)42(38,39)34-15-18(6-9-25(36)37)41-23-8-5-16(12-22(23)34)4-7-19-20(27(30,31)32)2-1-3-21(19)29/h1-5,7-8,12-14,18,35H,6,9-11,15H2,(H,36,37)/b7-4+/t18-/m0/s1. The first-order valence-corrected chi connectivity index (χ1v) is 14.1. The molecule has 2 N–H and O–H groups in total. The van der Waals surface area contributed by atoms with E-state index < -0.39 is 56.7 Å². The number of ether oxygens (including phenoxy) is 2. The van der Waals surface area contributed by atoms with Gasteiger partial charge in [-0.15, -0.1) is 0 Å². The molecule has 1 aliphatic rings. The number of anilines is 1. The molecule has 1 aliphatic heterocycles. The number of sulfonamides is 1. The number of carboxylic acids is 1. The second-order valence-electron chi connectivity index (χ2n) is 9.00. The number of carboxylic acid groups (broad SMARTS) is 1. The van der Waals surface area contributed by atoms with Crippen molar-refractivity contribution in [3.8, 4) is 11.6 Å². The molecule has 1 atom stereocenters. The van der Waals surface area contributed by atoms with Crippen molar-refractivity contribution in [3.05, 3.63) is 76.2 Å². The summed E-state index contributed by atoms with van der Waals surface area (Å²) >= 11 is 6.03. The van der Waals surface area contributed by atoms with E-state index in [4.69, 9.17) is 31.3 Å². The van der Waals surface area contributed by atoms with Crippen molar-refractivity contribution in [2.24, 2.45) is 0 Å². The van der Waals surface area contributed by atoms with Crippen LogP contribution >= 0.6 is 11.6 Å². The maximum atomic E-state index is 14.3. The van der Waals surface area contributed by atoms with E-state index in [9.17, 15) is 30.8 Å². The van der Waals surface area contributed by atoms with Gasteiger partial charge in [0.2, 0.25) is 5.88 Å². The summed E-state index contributed by atoms with van der Waals surface area (Å²) < 4.78 is 94.7. The Kier molecular flexibility index (Phi) is 9.28. The smallest absolute Gasteiger partial charge is 0.417 e. The number of aliphatic carboxylic acids is 1. The van der Waals surface area contributed by atoms with Crippen LogP contribution in [0, 0.1) is 5.82 Å². The molecule has 224 valence electrons. The fraction of sp³-hybridized carbons (Fsp3) is 0.259. The molecule has 0 saturated carbocycles. The topological polar surface area (TPSA) is 126 Å². The minimum atomic E-state index is -4.82. The fourth-order valence-corrected chi connectivity index (χ4v) is 6.02. The van der Waals surface area contributed by atoms with E-state index in [2.05, 4.69) is 4.98 Å². The number of halogens is 5. The SMILES string of the molecule is O=C(O)CC[C@H]1CN(S(=O)(=O)c2cc(Cl)cnc2OCCO)c2cc(/C=C/c3c(F)cccc3C(F)(F)F)ccc2O1. The van der Waals surface area contributed by atoms with Gasteiger partial charge >= 0.3 is 12.1 Å². The Balaban J connectivity index is 1.80. The molecule has 0 bridgehead atoms. The first-order chi connectivity index (χ1) is 19.8. The molecule has 1 aromatic heterocycles. The van der Waals surface area contributed by atoms with E-state index in [1.165, 1.54) is 24.3 Å². The van der Waals surface area contributed by atoms with Crippen molar-refractivity contribution < 1.29 is 50.5 Å². The summed E-state index contributed by atoms with van der Waals surface area (Å²) in [6.45, 7) is -1.05. The lowest BCUT2D eigenvalue weighted by atomic mass is 10.0. The lowest BCUT2D eigenvalue weighted by molar-refractivity contribution is -0.138. The number of alkyl halides is 3. The third-order valence-corrected chi connectivity index (χ3v) is 8.06. The van der Waals surface area contributed by atoms with E-state index in [0.717, 1.165) is 40.8 Å². The summed E-state index contributed by atoms with van der Waals surface area (Å²) in [5, 5.41) is 18.2. The van der Waals surface area contributed by atoms with Gasteiger partial charge in [0, 0.05) is 18.2 Å². The van der Waals surface area contributed by atoms with Gasteiger partial charge in [-0.1, -0.05) is 35.9 Å². The molecule has 42 heavy (non-hydrogen) atoms. The molecule has 0 radical (unpaired) electrons. The highest BCUT2D eigenvalue weighted by atomic mass is 35.5. The van der Waals surface area contributed by atoms with Gasteiger partial charge in [-0.05, 0) is 42.3 Å². The van der Waals surface area contributed by atoms with Gasteiger partial charge in [-0.3, -0.25) is 9.10 Å². The normalized spacial score (nSPS) is 15.4. The highest BCUT2D eigenvalue weighted by Gasteiger charge is 2.37. The molecule has 0 fully saturated rings. The van der Waals surface area contributed by atoms with Gasteiger partial charge in [0.15, 0.2) is 4.90 Å². The lowest BCUT2D eigenvalue weighted by Gasteiger charge is -2.35. The van der Waals surface area contributed by atoms with Crippen molar-refractivity contribution in [1.82, 2.24) is 4.98 Å². The molecular weight excluding hydrogens is 608 g/mol. The minimum absolute atomic E-state index is 0.0265. The average molecular weight is 631 g/mol. The summed E-state index contributed by atoms with van der Waals surface area (Å²) in [5.41, 5.74) is -1.71. The first kappa shape index (κ1) is 31.1. The summed E-state index contributed by atoms with van der Waals surface area (Å²) in [6.07, 6.45) is -2.79. The zero-order valence-corrected chi connectivity index (χ0v) is 23.1. The molecule has 0 amide bonds. The van der Waals surface area contributed by atoms with Crippen LogP contribution in [0.4, 0.5) is 23.2 Å². The maximum Gasteiger partial charge on any atom is 0.417 e. The second-order valence-corrected chi connectivity index (χ2v) is 11.3. The molecule has 9 nitrogen and oxygen atoms in total. The van der Waals surface area contributed by atoms with Crippen LogP contribution in [0.1, 0.15) is 29.5 Å². The third kappa shape index (κ3) is 6.94. The molecule has 4 rings (SSSR count). The number of pyridine rings is 1. The average Bonchev–Trinajstić information content (AvgIpc) is 2.93. The van der Waals surface area contributed by atoms with E-state index in [1.807, 2.05) is 0 Å². The Morgan fingerprint density at radius 1 is 1.21 bits per heavy atom. The molecule has 15 heteroatoms. The van der Waals surface area contributed by atoms with Gasteiger partial charge in [-0.2, -0.15) is 13.2 Å². The zero-order chi connectivity index (χ0) is 30.7. The molecular formula is C27H23ClF4N2O7S. The number of aliphatic hydroxyl groups excluding tert-OH is 1. The number of nitrogens with zero attached hydrogens (tertiary/aromatic N) is 2. The Bertz CT molecular complexity index is 1620. The molecule has 0 aliphatic carbocycles. The molecule has 3 aromatic rings. The largest absolute Gasteiger partial charge is 0.486 e. The Morgan fingerprint density at radius 3 is 2.67 bits per heavy atom. The highest BCUT2D eigenvalue weighted by molar-refractivity contribution is 7.93. The predicted octanol–water partition coefficient (Wildman–Crippen LogP) is 5.26. The van der Waals surface area contributed by atoms with Crippen LogP contribution in [-0.2, 0) is 21.0 Å². The number of hydrogen-bond acceptors (Lipinski definition) is 7. The van der Waals surface area contributed by atoms with Crippen molar-refractivity contribution in [2.75, 3.05) is 24.1 Å². The summed E-state index contributed by atoms with van der Waals surface area (Å²) in [4.78, 5) is 14.6. The van der Waals surface area contributed by atoms with Crippen LogP contribution in [0.3, 0.4) is 0 Å². The molecule has 0 spiro atoms. The van der Waals surface area contributed by atoms with Crippen LogP contribution in [0.15, 0.2) is 53.6 Å². The van der Waals surface area contributed by atoms with Crippen LogP contribution in [0.25, 0.3) is 12.2 Å². The van der Waals surface area contributed by atoms with Crippen LogP contribution in [0.2, 0.25) is 5.02 Å². The van der Waals surface area contributed by atoms with Crippen molar-refractivity contribution >= 4 is 45.4 Å². The molecule has 0 unspecified atom stereocenters. The van der Waals surface area contributed by atoms with E-state index in [1.54, 1.807) is 0 Å². The molecule has 2 heterocycles. The number of fused-ring (bicyclic) bond motifs is 1. The van der Waals surface area contributed by atoms with Crippen molar-refractivity contribution in [1.29, 1.82) is 0 Å². The second kappa shape index (κ2) is 12.5. The summed E-state index contributed by atoms with van der Waals surface area (Å²) in [7, 11) is -4.53. The predicted molar refractivity (Wildman–Crippen MR) is 144 cm³/mol. The zero-order valence-electron chi connectivity index (χ0n) is 21.5. The number of hydrogen-bond donors (Lipinski definition) is 2. The van der Waals surface area contributed by atoms with E-state index in [0.29, 0.717) is 0 Å². The van der Waals surface area contributed by atoms with Crippen molar-refractivity contribution in [3.63, 3.8) is 0 Å². The number of aliphatic hydroxyl groups is 1. The number of rotatable bonds is 10. The van der Waals surface area contributed by atoms with Crippen LogP contribution in [-0.4, -0.2) is 55.4 Å². The Labute approximate surface area is 242 Å². The van der Waals surface area contributed by atoms with Gasteiger partial charge in [0.05, 0.1) is 29.4 Å². The van der Waals surface area contributed by atoms with Gasteiger partial charge in [0.1, 0.15) is 24.3 Å². The summed E-state index contributed by atoms with van der Waals surface area (Å²) in [5.74, 6) is -2.52. The van der Waals surface area contributed by atoms with E-state index in [-0.39, 0.29) is 53.9 Å². The lowest BCUT2D eigenvalue weighted by Crippen LogP contribution is -2.44. The number of benzene rings is 2.